The van der Waals surface area contributed by atoms with Crippen molar-refractivity contribution >= 4 is 5.69 Å². The molecule has 2 rings (SSSR count). The first-order chi connectivity index (χ1) is 9.43. The first-order valence-electron chi connectivity index (χ1n) is 8.03. The number of hydrogen-bond acceptors (Lipinski definition) is 2. The smallest absolute Gasteiger partial charge is 0.0414 e. The summed E-state index contributed by atoms with van der Waals surface area (Å²) in [5.74, 6) is 0.839. The minimum Gasteiger partial charge on any atom is -0.371 e. The van der Waals surface area contributed by atoms with Crippen LogP contribution in [0.2, 0.25) is 0 Å². The molecule has 0 amide bonds. The lowest BCUT2D eigenvalue weighted by Gasteiger charge is -2.40. The van der Waals surface area contributed by atoms with E-state index in [1.165, 1.54) is 24.1 Å². The van der Waals surface area contributed by atoms with Gasteiger partial charge in [0.05, 0.1) is 0 Å². The maximum Gasteiger partial charge on any atom is 0.0414 e. The van der Waals surface area contributed by atoms with Crippen LogP contribution in [0.1, 0.15) is 58.6 Å². The van der Waals surface area contributed by atoms with Crippen LogP contribution in [0.25, 0.3) is 0 Å². The lowest BCUT2D eigenvalue weighted by atomic mass is 9.75. The molecule has 1 heterocycles. The molecule has 1 aromatic rings. The third-order valence-corrected chi connectivity index (χ3v) is 4.84. The molecule has 0 spiro atoms. The standard InChI is InChI=1S/C18H30N2/c1-5-16(19)15-8-6-7-9-17(15)20-12-10-14(11-13-20)18(2,3)4/h6-9,14,16H,5,10-13,19H2,1-4H3. The Morgan fingerprint density at radius 3 is 2.35 bits per heavy atom. The lowest BCUT2D eigenvalue weighted by molar-refractivity contribution is 0.199. The zero-order valence-electron chi connectivity index (χ0n) is 13.5. The second-order valence-corrected chi connectivity index (χ2v) is 7.20. The van der Waals surface area contributed by atoms with E-state index in [2.05, 4.69) is 56.9 Å². The average Bonchev–Trinajstić information content (AvgIpc) is 2.45. The van der Waals surface area contributed by atoms with Crippen LogP contribution in [0.3, 0.4) is 0 Å². The molecule has 1 saturated heterocycles. The number of para-hydroxylation sites is 1. The molecule has 0 aliphatic carbocycles. The van der Waals surface area contributed by atoms with Crippen molar-refractivity contribution in [3.63, 3.8) is 0 Å². The summed E-state index contributed by atoms with van der Waals surface area (Å²) in [5, 5.41) is 0. The molecule has 2 heteroatoms. The number of nitrogens with zero attached hydrogens (tertiary/aromatic N) is 1. The van der Waals surface area contributed by atoms with E-state index in [0.29, 0.717) is 5.41 Å². The highest BCUT2D eigenvalue weighted by molar-refractivity contribution is 5.55. The molecule has 1 atom stereocenters. The first kappa shape index (κ1) is 15.4. The van der Waals surface area contributed by atoms with Gasteiger partial charge in [-0.2, -0.15) is 0 Å². The van der Waals surface area contributed by atoms with Crippen LogP contribution >= 0.6 is 0 Å². The van der Waals surface area contributed by atoms with Gasteiger partial charge in [0.2, 0.25) is 0 Å². The summed E-state index contributed by atoms with van der Waals surface area (Å²) in [4.78, 5) is 2.53. The molecule has 0 saturated carbocycles. The van der Waals surface area contributed by atoms with Crippen molar-refractivity contribution in [2.24, 2.45) is 17.1 Å². The average molecular weight is 274 g/mol. The van der Waals surface area contributed by atoms with Gasteiger partial charge in [-0.05, 0) is 42.2 Å². The van der Waals surface area contributed by atoms with E-state index in [1.54, 1.807) is 0 Å². The second kappa shape index (κ2) is 6.17. The fourth-order valence-corrected chi connectivity index (χ4v) is 3.30. The number of anilines is 1. The van der Waals surface area contributed by atoms with E-state index in [1.807, 2.05) is 0 Å². The maximum absolute atomic E-state index is 6.27. The zero-order chi connectivity index (χ0) is 14.8. The Labute approximate surface area is 124 Å². The molecular formula is C18H30N2. The Hall–Kier alpha value is -1.02. The van der Waals surface area contributed by atoms with Gasteiger partial charge in [-0.25, -0.2) is 0 Å². The summed E-state index contributed by atoms with van der Waals surface area (Å²) >= 11 is 0. The minimum absolute atomic E-state index is 0.159. The van der Waals surface area contributed by atoms with Crippen molar-refractivity contribution in [3.8, 4) is 0 Å². The van der Waals surface area contributed by atoms with Crippen molar-refractivity contribution in [1.29, 1.82) is 0 Å². The quantitative estimate of drug-likeness (QED) is 0.887. The first-order valence-corrected chi connectivity index (χ1v) is 8.03. The van der Waals surface area contributed by atoms with E-state index in [0.717, 1.165) is 25.4 Å². The van der Waals surface area contributed by atoms with Gasteiger partial charge in [0.25, 0.3) is 0 Å². The molecule has 2 N–H and O–H groups in total. The van der Waals surface area contributed by atoms with E-state index in [9.17, 15) is 0 Å². The molecule has 2 nitrogen and oxygen atoms in total. The topological polar surface area (TPSA) is 29.3 Å². The molecule has 1 aliphatic rings. The fourth-order valence-electron chi connectivity index (χ4n) is 3.30. The van der Waals surface area contributed by atoms with Gasteiger partial charge in [0.15, 0.2) is 0 Å². The van der Waals surface area contributed by atoms with Crippen LogP contribution < -0.4 is 10.6 Å². The maximum atomic E-state index is 6.27. The lowest BCUT2D eigenvalue weighted by Crippen LogP contribution is -2.38. The summed E-state index contributed by atoms with van der Waals surface area (Å²) in [6.45, 7) is 11.6. The van der Waals surface area contributed by atoms with Crippen LogP contribution in [-0.2, 0) is 0 Å². The van der Waals surface area contributed by atoms with Gasteiger partial charge >= 0.3 is 0 Å². The SMILES string of the molecule is CCC(N)c1ccccc1N1CCC(C(C)(C)C)CC1. The summed E-state index contributed by atoms with van der Waals surface area (Å²) in [6.07, 6.45) is 3.58. The second-order valence-electron chi connectivity index (χ2n) is 7.20. The number of rotatable bonds is 3. The van der Waals surface area contributed by atoms with E-state index >= 15 is 0 Å². The largest absolute Gasteiger partial charge is 0.371 e. The molecule has 1 aliphatic heterocycles. The Morgan fingerprint density at radius 1 is 1.20 bits per heavy atom. The van der Waals surface area contributed by atoms with Crippen molar-refractivity contribution in [1.82, 2.24) is 0 Å². The number of hydrogen-bond donors (Lipinski definition) is 1. The number of nitrogens with two attached hydrogens (primary N) is 1. The van der Waals surface area contributed by atoms with Crippen molar-refractivity contribution < 1.29 is 0 Å². The Morgan fingerprint density at radius 2 is 1.80 bits per heavy atom. The van der Waals surface area contributed by atoms with Gasteiger partial charge in [-0.3, -0.25) is 0 Å². The van der Waals surface area contributed by atoms with Gasteiger partial charge in [-0.1, -0.05) is 45.9 Å². The monoisotopic (exact) mass is 274 g/mol. The van der Waals surface area contributed by atoms with E-state index in [4.69, 9.17) is 5.73 Å². The summed E-state index contributed by atoms with van der Waals surface area (Å²) < 4.78 is 0. The van der Waals surface area contributed by atoms with Crippen LogP contribution in [-0.4, -0.2) is 13.1 Å². The Kier molecular flexibility index (Phi) is 4.74. The normalized spacial score (nSPS) is 19.1. The molecule has 20 heavy (non-hydrogen) atoms. The third-order valence-electron chi connectivity index (χ3n) is 4.84. The summed E-state index contributed by atoms with van der Waals surface area (Å²) in [5.41, 5.74) is 9.37. The highest BCUT2D eigenvalue weighted by Crippen LogP contribution is 2.37. The molecular weight excluding hydrogens is 244 g/mol. The van der Waals surface area contributed by atoms with Crippen molar-refractivity contribution in [2.75, 3.05) is 18.0 Å². The molecule has 1 unspecified atom stereocenters. The highest BCUT2D eigenvalue weighted by Gasteiger charge is 2.29. The third kappa shape index (κ3) is 3.35. The van der Waals surface area contributed by atoms with Crippen LogP contribution in [0.15, 0.2) is 24.3 Å². The van der Waals surface area contributed by atoms with Crippen LogP contribution in [0.5, 0.6) is 0 Å². The zero-order valence-corrected chi connectivity index (χ0v) is 13.5. The van der Waals surface area contributed by atoms with Gasteiger partial charge in [0, 0.05) is 24.8 Å². The Bertz CT molecular complexity index is 425. The van der Waals surface area contributed by atoms with Crippen LogP contribution in [0, 0.1) is 11.3 Å². The molecule has 0 radical (unpaired) electrons. The highest BCUT2D eigenvalue weighted by atomic mass is 15.1. The molecule has 0 aromatic heterocycles. The molecule has 0 bridgehead atoms. The van der Waals surface area contributed by atoms with Crippen molar-refractivity contribution in [3.05, 3.63) is 29.8 Å². The molecule has 112 valence electrons. The molecule has 1 aromatic carbocycles. The number of piperidine rings is 1. The predicted molar refractivity (Wildman–Crippen MR) is 88.1 cm³/mol. The van der Waals surface area contributed by atoms with Gasteiger partial charge in [-0.15, -0.1) is 0 Å². The minimum atomic E-state index is 0.159. The summed E-state index contributed by atoms with van der Waals surface area (Å²) in [6, 6.07) is 8.83. The van der Waals surface area contributed by atoms with E-state index in [-0.39, 0.29) is 6.04 Å². The van der Waals surface area contributed by atoms with Gasteiger partial charge < -0.3 is 10.6 Å². The predicted octanol–water partition coefficient (Wildman–Crippen LogP) is 4.36. The van der Waals surface area contributed by atoms with Gasteiger partial charge in [0.1, 0.15) is 0 Å². The van der Waals surface area contributed by atoms with Crippen molar-refractivity contribution in [2.45, 2.75) is 53.0 Å². The Balaban J connectivity index is 2.11. The van der Waals surface area contributed by atoms with Crippen LogP contribution in [0.4, 0.5) is 5.69 Å². The molecule has 1 fully saturated rings. The fraction of sp³-hybridized carbons (Fsp3) is 0.667. The van der Waals surface area contributed by atoms with E-state index < -0.39 is 0 Å². The summed E-state index contributed by atoms with van der Waals surface area (Å²) in [7, 11) is 0. The number of benzene rings is 1.